The van der Waals surface area contributed by atoms with E-state index in [0.717, 1.165) is 0 Å². The highest BCUT2D eigenvalue weighted by Gasteiger charge is 2.22. The average molecular weight is 189 g/mol. The first-order valence-electron chi connectivity index (χ1n) is 3.62. The smallest absolute Gasteiger partial charge is 0.211 e. The highest BCUT2D eigenvalue weighted by atomic mass is 28.4. The first-order chi connectivity index (χ1) is 4.48. The monoisotopic (exact) mass is 189 g/mol. The molecule has 0 fully saturated rings. The topological polar surface area (TPSA) is 9.23 Å². The molecule has 0 atom stereocenters. The van der Waals surface area contributed by atoms with E-state index in [9.17, 15) is 0 Å². The van der Waals surface area contributed by atoms with E-state index in [1.54, 1.807) is 0 Å². The van der Waals surface area contributed by atoms with Crippen molar-refractivity contribution in [1.29, 1.82) is 0 Å². The van der Waals surface area contributed by atoms with Crippen molar-refractivity contribution in [3.63, 3.8) is 0 Å². The van der Waals surface area contributed by atoms with Crippen molar-refractivity contribution in [3.8, 4) is 0 Å². The van der Waals surface area contributed by atoms with Crippen molar-refractivity contribution >= 4 is 26.9 Å². The van der Waals surface area contributed by atoms with Crippen molar-refractivity contribution < 1.29 is 4.12 Å². The van der Waals surface area contributed by atoms with Gasteiger partial charge >= 0.3 is 0 Å². The zero-order valence-corrected chi connectivity index (χ0v) is 10.6. The van der Waals surface area contributed by atoms with Gasteiger partial charge in [-0.05, 0) is 25.3 Å². The second-order valence-corrected chi connectivity index (χ2v) is 12.0. The molecule has 1 nitrogen and oxygen atoms in total. The van der Waals surface area contributed by atoms with Gasteiger partial charge in [0, 0.05) is 8.80 Å². The molecule has 3 radical (unpaired) electrons. The van der Waals surface area contributed by atoms with Gasteiger partial charge in [0.15, 0.2) is 8.32 Å². The standard InChI is InChI=1S/C6H17OSi3/c1-8-7-10(4,5)6-9(2)3/h6H2,1-5H3. The SMILES string of the molecule is C[Si]O[Si](C)(C)C[Si](C)C. The Bertz CT molecular complexity index is 93.0. The van der Waals surface area contributed by atoms with Crippen LogP contribution in [-0.4, -0.2) is 26.9 Å². The summed E-state index contributed by atoms with van der Waals surface area (Å²) in [5, 5.41) is 0. The van der Waals surface area contributed by atoms with E-state index in [-0.39, 0.29) is 8.80 Å². The molecule has 0 bridgehead atoms. The molecule has 0 amide bonds. The minimum absolute atomic E-state index is 0.0724. The Hall–Kier alpha value is 0.611. The Labute approximate surface area is 69.9 Å². The summed E-state index contributed by atoms with van der Waals surface area (Å²) in [4.78, 5) is 0. The molecule has 0 aromatic heterocycles. The summed E-state index contributed by atoms with van der Waals surface area (Å²) >= 11 is 0. The van der Waals surface area contributed by atoms with Crippen LogP contribution in [0.25, 0.3) is 0 Å². The van der Waals surface area contributed by atoms with Crippen LogP contribution in [0.3, 0.4) is 0 Å². The van der Waals surface area contributed by atoms with Gasteiger partial charge in [-0.25, -0.2) is 0 Å². The first kappa shape index (κ1) is 10.6. The molecule has 0 aliphatic heterocycles. The summed E-state index contributed by atoms with van der Waals surface area (Å²) in [5.74, 6) is 0. The molecule has 4 heteroatoms. The van der Waals surface area contributed by atoms with E-state index in [2.05, 4.69) is 32.7 Å². The maximum Gasteiger partial charge on any atom is 0.211 e. The molecular weight excluding hydrogens is 172 g/mol. The van der Waals surface area contributed by atoms with Gasteiger partial charge in [0.05, 0.1) is 0 Å². The van der Waals surface area contributed by atoms with Crippen LogP contribution in [0.5, 0.6) is 0 Å². The molecule has 0 aliphatic rings. The highest BCUT2D eigenvalue weighted by molar-refractivity contribution is 6.85. The van der Waals surface area contributed by atoms with E-state index >= 15 is 0 Å². The van der Waals surface area contributed by atoms with E-state index in [1.807, 2.05) is 0 Å². The normalized spacial score (nSPS) is 12.6. The Morgan fingerprint density at radius 2 is 1.90 bits per heavy atom. The molecule has 10 heavy (non-hydrogen) atoms. The van der Waals surface area contributed by atoms with Crippen LogP contribution >= 0.6 is 0 Å². The van der Waals surface area contributed by atoms with Gasteiger partial charge in [0.25, 0.3) is 0 Å². The van der Waals surface area contributed by atoms with E-state index in [1.165, 1.54) is 5.67 Å². The fourth-order valence-electron chi connectivity index (χ4n) is 1.16. The van der Waals surface area contributed by atoms with Gasteiger partial charge in [0.1, 0.15) is 0 Å². The van der Waals surface area contributed by atoms with Gasteiger partial charge in [-0.15, -0.1) is 0 Å². The number of rotatable bonds is 4. The Balaban J connectivity index is 3.63. The van der Waals surface area contributed by atoms with Crippen LogP contribution in [-0.2, 0) is 4.12 Å². The molecule has 0 spiro atoms. The third-order valence-corrected chi connectivity index (χ3v) is 10.4. The molecule has 0 aliphatic carbocycles. The second-order valence-electron chi connectivity index (χ2n) is 3.45. The maximum atomic E-state index is 5.73. The van der Waals surface area contributed by atoms with Crippen LogP contribution in [0.4, 0.5) is 0 Å². The summed E-state index contributed by atoms with van der Waals surface area (Å²) in [6, 6.07) is 0. The van der Waals surface area contributed by atoms with Gasteiger partial charge in [-0.2, -0.15) is 0 Å². The van der Waals surface area contributed by atoms with Crippen molar-refractivity contribution in [1.82, 2.24) is 0 Å². The molecule has 0 aromatic carbocycles. The summed E-state index contributed by atoms with van der Waals surface area (Å²) in [7, 11) is -0.594. The lowest BCUT2D eigenvalue weighted by Crippen LogP contribution is -2.35. The summed E-state index contributed by atoms with van der Waals surface area (Å²) in [6.45, 7) is 11.5. The Kier molecular flexibility index (Phi) is 4.75. The van der Waals surface area contributed by atoms with Gasteiger partial charge in [-0.1, -0.05) is 13.1 Å². The highest BCUT2D eigenvalue weighted by Crippen LogP contribution is 2.11. The predicted molar refractivity (Wildman–Crippen MR) is 52.5 cm³/mol. The van der Waals surface area contributed by atoms with E-state index in [4.69, 9.17) is 4.12 Å². The van der Waals surface area contributed by atoms with Crippen LogP contribution in [0, 0.1) is 0 Å². The van der Waals surface area contributed by atoms with Crippen LogP contribution < -0.4 is 0 Å². The van der Waals surface area contributed by atoms with Crippen LogP contribution in [0.2, 0.25) is 38.4 Å². The van der Waals surface area contributed by atoms with Crippen molar-refractivity contribution in [2.75, 3.05) is 0 Å². The van der Waals surface area contributed by atoms with Crippen molar-refractivity contribution in [3.05, 3.63) is 0 Å². The molecule has 59 valence electrons. The summed E-state index contributed by atoms with van der Waals surface area (Å²) < 4.78 is 5.73. The largest absolute Gasteiger partial charge is 0.456 e. The van der Waals surface area contributed by atoms with Crippen molar-refractivity contribution in [2.24, 2.45) is 0 Å². The quantitative estimate of drug-likeness (QED) is 0.616. The zero-order valence-electron chi connectivity index (χ0n) is 7.62. The number of hydrogen-bond acceptors (Lipinski definition) is 1. The first-order valence-corrected chi connectivity index (χ1v) is 10.8. The second kappa shape index (κ2) is 4.48. The fraction of sp³-hybridized carbons (Fsp3) is 1.00. The fourth-order valence-corrected chi connectivity index (χ4v) is 11.1. The minimum Gasteiger partial charge on any atom is -0.456 e. The molecule has 0 heterocycles. The lowest BCUT2D eigenvalue weighted by molar-refractivity contribution is 0.599. The molecule has 0 saturated carbocycles. The van der Waals surface area contributed by atoms with E-state index < -0.39 is 8.32 Å². The molecule has 0 aromatic rings. The maximum absolute atomic E-state index is 5.73. The van der Waals surface area contributed by atoms with Gasteiger partial charge < -0.3 is 4.12 Å². The van der Waals surface area contributed by atoms with Crippen molar-refractivity contribution in [2.45, 2.75) is 38.4 Å². The predicted octanol–water partition coefficient (Wildman–Crippen LogP) is 2.17. The zero-order chi connectivity index (χ0) is 8.20. The van der Waals surface area contributed by atoms with Crippen LogP contribution in [0.15, 0.2) is 0 Å². The number of hydrogen-bond donors (Lipinski definition) is 0. The molecule has 0 unspecified atom stereocenters. The van der Waals surface area contributed by atoms with Crippen LogP contribution in [0.1, 0.15) is 0 Å². The lowest BCUT2D eigenvalue weighted by atomic mass is 11.8. The lowest BCUT2D eigenvalue weighted by Gasteiger charge is -2.23. The Morgan fingerprint density at radius 3 is 2.20 bits per heavy atom. The third kappa shape index (κ3) is 5.40. The molecular formula is C6H17OSi3. The Morgan fingerprint density at radius 1 is 1.40 bits per heavy atom. The third-order valence-electron chi connectivity index (χ3n) is 1.16. The van der Waals surface area contributed by atoms with E-state index in [0.29, 0.717) is 9.76 Å². The average Bonchev–Trinajstić information content (AvgIpc) is 1.59. The minimum atomic E-state index is -1.21. The van der Waals surface area contributed by atoms with Gasteiger partial charge in [0.2, 0.25) is 9.76 Å². The molecule has 0 N–H and O–H groups in total. The molecule has 0 saturated heterocycles. The molecule has 0 rings (SSSR count). The summed E-state index contributed by atoms with van der Waals surface area (Å²) in [5.41, 5.74) is 1.39. The van der Waals surface area contributed by atoms with Gasteiger partial charge in [-0.3, -0.25) is 0 Å². The summed E-state index contributed by atoms with van der Waals surface area (Å²) in [6.07, 6.45) is 0.